The summed E-state index contributed by atoms with van der Waals surface area (Å²) in [5.41, 5.74) is 5.53. The van der Waals surface area contributed by atoms with Crippen LogP contribution in [0.15, 0.2) is 12.4 Å². The summed E-state index contributed by atoms with van der Waals surface area (Å²) >= 11 is 4.89. The third kappa shape index (κ3) is 4.26. The quantitative estimate of drug-likeness (QED) is 0.534. The summed E-state index contributed by atoms with van der Waals surface area (Å²) in [6.45, 7) is 2.75. The first-order valence-electron chi connectivity index (χ1n) is 5.13. The van der Waals surface area contributed by atoms with E-state index in [0.717, 1.165) is 13.0 Å². The zero-order chi connectivity index (χ0) is 11.8. The van der Waals surface area contributed by atoms with Crippen molar-refractivity contribution >= 4 is 17.2 Å². The van der Waals surface area contributed by atoms with Gasteiger partial charge in [-0.3, -0.25) is 0 Å². The molecule has 0 aliphatic rings. The number of hydrogen-bond donors (Lipinski definition) is 1. The molecule has 0 fully saturated rings. The SMILES string of the molecule is COCCOCCCn1ccnc1C(N)=S. The van der Waals surface area contributed by atoms with Crippen molar-refractivity contribution in [2.75, 3.05) is 26.9 Å². The van der Waals surface area contributed by atoms with E-state index in [9.17, 15) is 0 Å². The minimum absolute atomic E-state index is 0.324. The van der Waals surface area contributed by atoms with Crippen LogP contribution in [-0.2, 0) is 16.0 Å². The van der Waals surface area contributed by atoms with Gasteiger partial charge in [0.1, 0.15) is 4.99 Å². The van der Waals surface area contributed by atoms with Gasteiger partial charge in [-0.15, -0.1) is 0 Å². The first-order chi connectivity index (χ1) is 7.75. The second-order valence-electron chi connectivity index (χ2n) is 3.27. The van der Waals surface area contributed by atoms with Gasteiger partial charge < -0.3 is 19.8 Å². The van der Waals surface area contributed by atoms with E-state index in [4.69, 9.17) is 27.4 Å². The molecule has 0 atom stereocenters. The fourth-order valence-electron chi connectivity index (χ4n) is 1.30. The lowest BCUT2D eigenvalue weighted by atomic mass is 10.4. The Bertz CT molecular complexity index is 328. The molecule has 6 heteroatoms. The third-order valence-corrected chi connectivity index (χ3v) is 2.24. The molecule has 1 heterocycles. The Morgan fingerprint density at radius 3 is 3.00 bits per heavy atom. The van der Waals surface area contributed by atoms with Gasteiger partial charge in [-0.25, -0.2) is 4.98 Å². The van der Waals surface area contributed by atoms with Crippen LogP contribution in [0.3, 0.4) is 0 Å². The van der Waals surface area contributed by atoms with Gasteiger partial charge >= 0.3 is 0 Å². The third-order valence-electron chi connectivity index (χ3n) is 2.06. The second-order valence-corrected chi connectivity index (χ2v) is 3.71. The Morgan fingerprint density at radius 1 is 1.50 bits per heavy atom. The number of hydrogen-bond acceptors (Lipinski definition) is 4. The van der Waals surface area contributed by atoms with E-state index in [1.807, 2.05) is 10.8 Å². The van der Waals surface area contributed by atoms with Crippen molar-refractivity contribution in [3.05, 3.63) is 18.2 Å². The maximum absolute atomic E-state index is 5.53. The summed E-state index contributed by atoms with van der Waals surface area (Å²) in [6, 6.07) is 0. The lowest BCUT2D eigenvalue weighted by Crippen LogP contribution is -2.17. The number of rotatable bonds is 8. The van der Waals surface area contributed by atoms with E-state index < -0.39 is 0 Å². The van der Waals surface area contributed by atoms with Crippen LogP contribution >= 0.6 is 12.2 Å². The summed E-state index contributed by atoms with van der Waals surface area (Å²) in [6.07, 6.45) is 4.46. The Morgan fingerprint density at radius 2 is 2.31 bits per heavy atom. The molecule has 0 radical (unpaired) electrons. The topological polar surface area (TPSA) is 62.3 Å². The zero-order valence-corrected chi connectivity index (χ0v) is 10.2. The van der Waals surface area contributed by atoms with Crippen LogP contribution in [0.4, 0.5) is 0 Å². The molecule has 0 aromatic carbocycles. The normalized spacial score (nSPS) is 10.6. The molecule has 0 saturated carbocycles. The van der Waals surface area contributed by atoms with Crippen molar-refractivity contribution in [3.8, 4) is 0 Å². The fourth-order valence-corrected chi connectivity index (χ4v) is 1.47. The average molecular weight is 243 g/mol. The van der Waals surface area contributed by atoms with Crippen LogP contribution < -0.4 is 5.73 Å². The second kappa shape index (κ2) is 7.32. The van der Waals surface area contributed by atoms with Gasteiger partial charge in [0, 0.05) is 32.7 Å². The Hall–Kier alpha value is -0.980. The van der Waals surface area contributed by atoms with Crippen LogP contribution in [-0.4, -0.2) is 41.5 Å². The minimum Gasteiger partial charge on any atom is -0.387 e. The predicted octanol–water partition coefficient (Wildman–Crippen LogP) is 0.570. The number of thiocarbonyl (C=S) groups is 1. The number of imidazole rings is 1. The molecule has 90 valence electrons. The van der Waals surface area contributed by atoms with E-state index in [2.05, 4.69) is 4.98 Å². The molecule has 16 heavy (non-hydrogen) atoms. The highest BCUT2D eigenvalue weighted by molar-refractivity contribution is 7.80. The molecule has 0 saturated heterocycles. The molecule has 0 aliphatic carbocycles. The average Bonchev–Trinajstić information content (AvgIpc) is 2.71. The summed E-state index contributed by atoms with van der Waals surface area (Å²) in [4.78, 5) is 4.40. The van der Waals surface area contributed by atoms with E-state index in [-0.39, 0.29) is 0 Å². The lowest BCUT2D eigenvalue weighted by molar-refractivity contribution is 0.0680. The van der Waals surface area contributed by atoms with Gasteiger partial charge in [0.15, 0.2) is 5.82 Å². The zero-order valence-electron chi connectivity index (χ0n) is 9.39. The number of aryl methyl sites for hydroxylation is 1. The predicted molar refractivity (Wildman–Crippen MR) is 65.4 cm³/mol. The fraction of sp³-hybridized carbons (Fsp3) is 0.600. The largest absolute Gasteiger partial charge is 0.387 e. The molecule has 0 amide bonds. The van der Waals surface area contributed by atoms with Crippen molar-refractivity contribution < 1.29 is 9.47 Å². The number of nitrogens with zero attached hydrogens (tertiary/aromatic N) is 2. The van der Waals surface area contributed by atoms with E-state index >= 15 is 0 Å². The number of aromatic nitrogens is 2. The monoisotopic (exact) mass is 243 g/mol. The molecule has 5 nitrogen and oxygen atoms in total. The maximum Gasteiger partial charge on any atom is 0.167 e. The first-order valence-corrected chi connectivity index (χ1v) is 5.54. The van der Waals surface area contributed by atoms with E-state index in [1.165, 1.54) is 0 Å². The van der Waals surface area contributed by atoms with Crippen molar-refractivity contribution in [3.63, 3.8) is 0 Å². The van der Waals surface area contributed by atoms with Crippen LogP contribution in [0, 0.1) is 0 Å². The van der Waals surface area contributed by atoms with Crippen molar-refractivity contribution in [2.24, 2.45) is 5.73 Å². The van der Waals surface area contributed by atoms with Crippen molar-refractivity contribution in [1.29, 1.82) is 0 Å². The van der Waals surface area contributed by atoms with Crippen LogP contribution in [0.2, 0.25) is 0 Å². The Balaban J connectivity index is 2.21. The highest BCUT2D eigenvalue weighted by Crippen LogP contribution is 1.99. The molecule has 0 spiro atoms. The summed E-state index contributed by atoms with van der Waals surface area (Å²) in [5, 5.41) is 0. The van der Waals surface area contributed by atoms with Gasteiger partial charge in [-0.2, -0.15) is 0 Å². The van der Waals surface area contributed by atoms with E-state index in [0.29, 0.717) is 30.6 Å². The standard InChI is InChI=1S/C10H17N3O2S/c1-14-7-8-15-6-2-4-13-5-3-12-10(13)9(11)16/h3,5H,2,4,6-8H2,1H3,(H2,11,16). The van der Waals surface area contributed by atoms with Crippen molar-refractivity contribution in [1.82, 2.24) is 9.55 Å². The molecular weight excluding hydrogens is 226 g/mol. The van der Waals surface area contributed by atoms with Gasteiger partial charge in [0.2, 0.25) is 0 Å². The molecule has 1 aromatic heterocycles. The molecular formula is C10H17N3O2S. The molecule has 1 aromatic rings. The molecule has 0 unspecified atom stereocenters. The van der Waals surface area contributed by atoms with Crippen LogP contribution in [0.5, 0.6) is 0 Å². The summed E-state index contributed by atoms with van der Waals surface area (Å²) in [5.74, 6) is 0.659. The smallest absolute Gasteiger partial charge is 0.167 e. The first kappa shape index (κ1) is 13.1. The van der Waals surface area contributed by atoms with Gasteiger partial charge in [0.25, 0.3) is 0 Å². The number of ether oxygens (including phenoxy) is 2. The van der Waals surface area contributed by atoms with Gasteiger partial charge in [-0.1, -0.05) is 12.2 Å². The molecule has 1 rings (SSSR count). The molecule has 0 bridgehead atoms. The van der Waals surface area contributed by atoms with Gasteiger partial charge in [0.05, 0.1) is 13.2 Å². The highest BCUT2D eigenvalue weighted by Gasteiger charge is 2.04. The lowest BCUT2D eigenvalue weighted by Gasteiger charge is -2.07. The molecule has 2 N–H and O–H groups in total. The van der Waals surface area contributed by atoms with E-state index in [1.54, 1.807) is 13.3 Å². The van der Waals surface area contributed by atoms with Crippen LogP contribution in [0.25, 0.3) is 0 Å². The molecule has 0 aliphatic heterocycles. The van der Waals surface area contributed by atoms with Gasteiger partial charge in [-0.05, 0) is 6.42 Å². The Labute approximate surface area is 101 Å². The summed E-state index contributed by atoms with van der Waals surface area (Å²) in [7, 11) is 1.66. The Kier molecular flexibility index (Phi) is 5.99. The maximum atomic E-state index is 5.53. The minimum atomic E-state index is 0.324. The number of methoxy groups -OCH3 is 1. The number of nitrogens with two attached hydrogens (primary N) is 1. The van der Waals surface area contributed by atoms with Crippen LogP contribution in [0.1, 0.15) is 12.2 Å². The summed E-state index contributed by atoms with van der Waals surface area (Å²) < 4.78 is 12.2. The van der Waals surface area contributed by atoms with Crippen molar-refractivity contribution in [2.45, 2.75) is 13.0 Å². The highest BCUT2D eigenvalue weighted by atomic mass is 32.1.